The van der Waals surface area contributed by atoms with Gasteiger partial charge in [0.05, 0.1) is 5.56 Å². The molecule has 15 heavy (non-hydrogen) atoms. The van der Waals surface area contributed by atoms with Crippen molar-refractivity contribution in [1.82, 2.24) is 0 Å². The van der Waals surface area contributed by atoms with E-state index in [4.69, 9.17) is 10.2 Å². The van der Waals surface area contributed by atoms with Gasteiger partial charge in [0.15, 0.2) is 0 Å². The Bertz CT molecular complexity index is 336. The second kappa shape index (κ2) is 3.77. The molecule has 0 bridgehead atoms. The van der Waals surface area contributed by atoms with Crippen LogP contribution in [0.2, 0.25) is 0 Å². The second-order valence-electron chi connectivity index (χ2n) is 3.06. The minimum absolute atomic E-state index is 0.216. The topological polar surface area (TPSA) is 40.5 Å². The molecule has 0 amide bonds. The number of hydrogen-bond acceptors (Lipinski definition) is 2. The fourth-order valence-electron chi connectivity index (χ4n) is 1.29. The molecule has 0 spiro atoms. The Hall–Kier alpha value is -0.590. The standard InChI is InChI=1S/C9H8BrF3O2/c1-5-6(8(10,14)15)3-2-4-7(5)9(11,12)13/h2-4,14-15H,1H3. The van der Waals surface area contributed by atoms with Crippen LogP contribution in [0.25, 0.3) is 0 Å². The van der Waals surface area contributed by atoms with E-state index in [0.717, 1.165) is 12.1 Å². The monoisotopic (exact) mass is 284 g/mol. The highest BCUT2D eigenvalue weighted by atomic mass is 79.9. The molecule has 0 radical (unpaired) electrons. The summed E-state index contributed by atoms with van der Waals surface area (Å²) in [6.45, 7) is 1.18. The Balaban J connectivity index is 3.37. The first kappa shape index (κ1) is 12.5. The van der Waals surface area contributed by atoms with Gasteiger partial charge in [-0.1, -0.05) is 12.1 Å². The molecule has 0 aliphatic rings. The van der Waals surface area contributed by atoms with Gasteiger partial charge < -0.3 is 10.2 Å². The molecule has 0 fully saturated rings. The largest absolute Gasteiger partial charge is 0.416 e. The molecule has 0 saturated heterocycles. The van der Waals surface area contributed by atoms with Crippen molar-refractivity contribution in [2.75, 3.05) is 0 Å². The van der Waals surface area contributed by atoms with Gasteiger partial charge in [0.1, 0.15) is 0 Å². The molecule has 0 atom stereocenters. The van der Waals surface area contributed by atoms with Crippen LogP contribution in [-0.4, -0.2) is 10.2 Å². The van der Waals surface area contributed by atoms with Crippen molar-refractivity contribution in [2.45, 2.75) is 17.8 Å². The number of alkyl halides is 4. The summed E-state index contributed by atoms with van der Waals surface area (Å²) in [6.07, 6.45) is -4.50. The summed E-state index contributed by atoms with van der Waals surface area (Å²) in [4.78, 5) is 0. The highest BCUT2D eigenvalue weighted by Crippen LogP contribution is 2.36. The van der Waals surface area contributed by atoms with Gasteiger partial charge in [0.25, 0.3) is 0 Å². The van der Waals surface area contributed by atoms with Crippen molar-refractivity contribution in [1.29, 1.82) is 0 Å². The lowest BCUT2D eigenvalue weighted by molar-refractivity contribution is -0.138. The molecule has 0 aliphatic carbocycles. The zero-order valence-electron chi connectivity index (χ0n) is 7.64. The molecular weight excluding hydrogens is 277 g/mol. The smallest absolute Gasteiger partial charge is 0.353 e. The summed E-state index contributed by atoms with van der Waals surface area (Å²) in [6, 6.07) is 3.21. The predicted octanol–water partition coefficient (Wildman–Crippen LogP) is 2.50. The zero-order chi connectivity index (χ0) is 11.9. The lowest BCUT2D eigenvalue weighted by Gasteiger charge is -2.19. The third kappa shape index (κ3) is 2.70. The van der Waals surface area contributed by atoms with Crippen molar-refractivity contribution < 1.29 is 23.4 Å². The van der Waals surface area contributed by atoms with Gasteiger partial charge in [-0.15, -0.1) is 0 Å². The molecule has 0 aromatic heterocycles. The molecule has 1 aromatic carbocycles. The van der Waals surface area contributed by atoms with Crippen LogP contribution in [0, 0.1) is 6.92 Å². The van der Waals surface area contributed by atoms with E-state index in [0.29, 0.717) is 0 Å². The lowest BCUT2D eigenvalue weighted by Crippen LogP contribution is -2.19. The fourth-order valence-corrected chi connectivity index (χ4v) is 1.72. The Kier molecular flexibility index (Phi) is 3.14. The Morgan fingerprint density at radius 1 is 1.13 bits per heavy atom. The molecule has 6 heteroatoms. The Morgan fingerprint density at radius 2 is 1.60 bits per heavy atom. The molecule has 0 heterocycles. The van der Waals surface area contributed by atoms with E-state index in [9.17, 15) is 13.2 Å². The Labute approximate surface area is 92.5 Å². The zero-order valence-corrected chi connectivity index (χ0v) is 9.22. The average Bonchev–Trinajstić information content (AvgIpc) is 1.99. The van der Waals surface area contributed by atoms with E-state index < -0.39 is 16.4 Å². The molecule has 0 unspecified atom stereocenters. The minimum atomic E-state index is -4.50. The number of halogens is 4. The maximum Gasteiger partial charge on any atom is 0.416 e. The third-order valence-corrected chi connectivity index (χ3v) is 2.41. The molecular formula is C9H8BrF3O2. The highest BCUT2D eigenvalue weighted by Gasteiger charge is 2.35. The lowest BCUT2D eigenvalue weighted by atomic mass is 10.0. The predicted molar refractivity (Wildman–Crippen MR) is 51.2 cm³/mol. The van der Waals surface area contributed by atoms with Crippen molar-refractivity contribution in [3.05, 3.63) is 34.9 Å². The quantitative estimate of drug-likeness (QED) is 0.615. The number of aliphatic hydroxyl groups is 2. The summed E-state index contributed by atoms with van der Waals surface area (Å²) in [5.41, 5.74) is -1.32. The van der Waals surface area contributed by atoms with E-state index in [2.05, 4.69) is 15.9 Å². The van der Waals surface area contributed by atoms with Gasteiger partial charge in [-0.3, -0.25) is 0 Å². The summed E-state index contributed by atoms with van der Waals surface area (Å²) in [5.74, 6) is 0. The van der Waals surface area contributed by atoms with Crippen LogP contribution in [-0.2, 0) is 10.9 Å². The molecule has 0 saturated carbocycles. The van der Waals surface area contributed by atoms with Crippen molar-refractivity contribution in [3.63, 3.8) is 0 Å². The van der Waals surface area contributed by atoms with Crippen LogP contribution < -0.4 is 0 Å². The number of benzene rings is 1. The van der Waals surface area contributed by atoms with Crippen molar-refractivity contribution in [2.24, 2.45) is 0 Å². The molecule has 0 aliphatic heterocycles. The van der Waals surface area contributed by atoms with E-state index in [1.54, 1.807) is 0 Å². The highest BCUT2D eigenvalue weighted by molar-refractivity contribution is 9.09. The van der Waals surface area contributed by atoms with E-state index in [-0.39, 0.29) is 11.1 Å². The van der Waals surface area contributed by atoms with E-state index in [1.807, 2.05) is 0 Å². The normalized spacial score (nSPS) is 13.0. The van der Waals surface area contributed by atoms with Crippen LogP contribution in [0.1, 0.15) is 16.7 Å². The maximum atomic E-state index is 12.4. The number of hydrogen-bond donors (Lipinski definition) is 2. The molecule has 1 aromatic rings. The van der Waals surface area contributed by atoms with Gasteiger partial charge in [-0.2, -0.15) is 13.2 Å². The van der Waals surface area contributed by atoms with Crippen LogP contribution in [0.15, 0.2) is 18.2 Å². The summed E-state index contributed by atoms with van der Waals surface area (Å²) >= 11 is 2.48. The first-order valence-electron chi connectivity index (χ1n) is 3.95. The van der Waals surface area contributed by atoms with Gasteiger partial charge in [0, 0.05) is 5.56 Å². The van der Waals surface area contributed by atoms with Crippen LogP contribution in [0.4, 0.5) is 13.2 Å². The average molecular weight is 285 g/mol. The summed E-state index contributed by atoms with van der Waals surface area (Å²) < 4.78 is 34.9. The van der Waals surface area contributed by atoms with Gasteiger partial charge in [-0.05, 0) is 34.5 Å². The third-order valence-electron chi connectivity index (χ3n) is 1.98. The van der Waals surface area contributed by atoms with Gasteiger partial charge in [0.2, 0.25) is 4.70 Å². The van der Waals surface area contributed by atoms with Gasteiger partial charge in [-0.25, -0.2) is 0 Å². The SMILES string of the molecule is Cc1c(C(F)(F)F)cccc1C(O)(O)Br. The summed E-state index contributed by atoms with van der Waals surface area (Å²) in [5, 5.41) is 18.3. The van der Waals surface area contributed by atoms with Gasteiger partial charge >= 0.3 is 6.18 Å². The minimum Gasteiger partial charge on any atom is -0.353 e. The van der Waals surface area contributed by atoms with E-state index >= 15 is 0 Å². The fraction of sp³-hybridized carbons (Fsp3) is 0.333. The van der Waals surface area contributed by atoms with Crippen molar-refractivity contribution >= 4 is 15.9 Å². The van der Waals surface area contributed by atoms with E-state index in [1.165, 1.54) is 13.0 Å². The van der Waals surface area contributed by atoms with Crippen molar-refractivity contribution in [3.8, 4) is 0 Å². The second-order valence-corrected chi connectivity index (χ2v) is 4.17. The Morgan fingerprint density at radius 3 is 2.00 bits per heavy atom. The van der Waals surface area contributed by atoms with Crippen LogP contribution >= 0.6 is 15.9 Å². The summed E-state index contributed by atoms with van der Waals surface area (Å²) in [7, 11) is 0. The maximum absolute atomic E-state index is 12.4. The molecule has 2 nitrogen and oxygen atoms in total. The first-order valence-corrected chi connectivity index (χ1v) is 4.74. The molecule has 1 rings (SSSR count). The first-order chi connectivity index (χ1) is 6.64. The van der Waals surface area contributed by atoms with Crippen LogP contribution in [0.5, 0.6) is 0 Å². The number of rotatable bonds is 1. The molecule has 2 N–H and O–H groups in total. The van der Waals surface area contributed by atoms with Crippen LogP contribution in [0.3, 0.4) is 0 Å². The molecule has 84 valence electrons.